The molecule has 0 amide bonds. The zero-order valence-electron chi connectivity index (χ0n) is 15.5. The van der Waals surface area contributed by atoms with Gasteiger partial charge in [0, 0.05) is 7.05 Å². The predicted octanol–water partition coefficient (Wildman–Crippen LogP) is 4.41. The maximum absolute atomic E-state index is 13.1. The number of para-hydroxylation sites is 1. The molecular formula is C19H19Cl2N3O3S. The van der Waals surface area contributed by atoms with Crippen LogP contribution >= 0.6 is 23.2 Å². The summed E-state index contributed by atoms with van der Waals surface area (Å²) in [5.41, 5.74) is 0.690. The SMILES string of the molecule is CC(C)c1c(NS(=O)(=O)c2cccc(Cl)c2Cl)c(=O)n(-c2ccccc2)n1C. The van der Waals surface area contributed by atoms with Crippen molar-refractivity contribution < 1.29 is 8.42 Å². The van der Waals surface area contributed by atoms with E-state index in [1.807, 2.05) is 19.9 Å². The van der Waals surface area contributed by atoms with E-state index in [1.54, 1.807) is 36.0 Å². The topological polar surface area (TPSA) is 73.1 Å². The largest absolute Gasteiger partial charge is 0.296 e. The van der Waals surface area contributed by atoms with Crippen LogP contribution in [0.15, 0.2) is 58.2 Å². The molecule has 0 bridgehead atoms. The molecule has 1 heterocycles. The molecule has 1 aromatic heterocycles. The van der Waals surface area contributed by atoms with E-state index < -0.39 is 15.6 Å². The van der Waals surface area contributed by atoms with Crippen molar-refractivity contribution in [3.8, 4) is 5.69 Å². The summed E-state index contributed by atoms with van der Waals surface area (Å²) in [6, 6.07) is 13.3. The van der Waals surface area contributed by atoms with Crippen molar-refractivity contribution in [3.05, 3.63) is 74.6 Å². The highest BCUT2D eigenvalue weighted by Crippen LogP contribution is 2.31. The number of halogens is 2. The Morgan fingerprint density at radius 3 is 2.25 bits per heavy atom. The number of aromatic nitrogens is 2. The maximum atomic E-state index is 13.1. The Morgan fingerprint density at radius 2 is 1.64 bits per heavy atom. The lowest BCUT2D eigenvalue weighted by Crippen LogP contribution is -2.23. The highest BCUT2D eigenvalue weighted by Gasteiger charge is 2.27. The smallest absolute Gasteiger partial charge is 0.283 e. The lowest BCUT2D eigenvalue weighted by atomic mass is 10.1. The highest BCUT2D eigenvalue weighted by molar-refractivity contribution is 7.92. The summed E-state index contributed by atoms with van der Waals surface area (Å²) in [5, 5.41) is 0.0189. The number of anilines is 1. The third-order valence-electron chi connectivity index (χ3n) is 4.30. The van der Waals surface area contributed by atoms with Gasteiger partial charge in [0.2, 0.25) is 0 Å². The zero-order chi connectivity index (χ0) is 20.6. The predicted molar refractivity (Wildman–Crippen MR) is 112 cm³/mol. The van der Waals surface area contributed by atoms with Gasteiger partial charge in [-0.1, -0.05) is 61.3 Å². The van der Waals surface area contributed by atoms with Crippen molar-refractivity contribution in [1.29, 1.82) is 0 Å². The molecule has 0 atom stereocenters. The average Bonchev–Trinajstić information content (AvgIpc) is 2.87. The molecule has 9 heteroatoms. The van der Waals surface area contributed by atoms with Gasteiger partial charge in [-0.05, 0) is 30.2 Å². The van der Waals surface area contributed by atoms with Crippen LogP contribution in [0.2, 0.25) is 10.0 Å². The van der Waals surface area contributed by atoms with E-state index >= 15 is 0 Å². The Kier molecular flexibility index (Phi) is 5.61. The summed E-state index contributed by atoms with van der Waals surface area (Å²) < 4.78 is 31.4. The highest BCUT2D eigenvalue weighted by atomic mass is 35.5. The van der Waals surface area contributed by atoms with Crippen LogP contribution in [0.25, 0.3) is 5.69 Å². The molecule has 0 fully saturated rings. The number of nitrogens with zero attached hydrogens (tertiary/aromatic N) is 2. The van der Waals surface area contributed by atoms with Gasteiger partial charge in [-0.2, -0.15) is 0 Å². The Hall–Kier alpha value is -2.22. The molecule has 2 aromatic carbocycles. The van der Waals surface area contributed by atoms with E-state index in [0.717, 1.165) is 0 Å². The van der Waals surface area contributed by atoms with Crippen LogP contribution in [0.5, 0.6) is 0 Å². The molecule has 0 saturated heterocycles. The summed E-state index contributed by atoms with van der Waals surface area (Å²) in [5.74, 6) is -0.116. The summed E-state index contributed by atoms with van der Waals surface area (Å²) in [6.45, 7) is 3.77. The second-order valence-electron chi connectivity index (χ2n) is 6.55. The van der Waals surface area contributed by atoms with Crippen LogP contribution in [-0.4, -0.2) is 17.8 Å². The van der Waals surface area contributed by atoms with E-state index in [0.29, 0.717) is 11.4 Å². The van der Waals surface area contributed by atoms with Crippen LogP contribution in [-0.2, 0) is 17.1 Å². The van der Waals surface area contributed by atoms with Crippen LogP contribution in [0.4, 0.5) is 5.69 Å². The molecular weight excluding hydrogens is 421 g/mol. The minimum absolute atomic E-state index is 0.0163. The van der Waals surface area contributed by atoms with E-state index in [1.165, 1.54) is 22.9 Å². The fourth-order valence-electron chi connectivity index (χ4n) is 3.12. The molecule has 148 valence electrons. The van der Waals surface area contributed by atoms with Gasteiger partial charge in [-0.3, -0.25) is 14.2 Å². The standard InChI is InChI=1S/C19H19Cl2N3O3S/c1-12(2)18-17(19(25)24(23(18)3)13-8-5-4-6-9-13)22-28(26,27)15-11-7-10-14(20)16(15)21/h4-12,22H,1-3H3. The first-order valence-corrected chi connectivity index (χ1v) is 10.7. The first kappa shape index (κ1) is 20.5. The molecule has 0 aliphatic rings. The number of sulfonamides is 1. The molecule has 28 heavy (non-hydrogen) atoms. The Morgan fingerprint density at radius 1 is 1.00 bits per heavy atom. The summed E-state index contributed by atoms with van der Waals surface area (Å²) in [6.07, 6.45) is 0. The average molecular weight is 440 g/mol. The van der Waals surface area contributed by atoms with Gasteiger partial charge in [0.05, 0.1) is 21.4 Å². The van der Waals surface area contributed by atoms with Gasteiger partial charge in [0.1, 0.15) is 10.6 Å². The molecule has 1 N–H and O–H groups in total. The first-order valence-electron chi connectivity index (χ1n) is 8.49. The quantitative estimate of drug-likeness (QED) is 0.639. The third-order valence-corrected chi connectivity index (χ3v) is 6.62. The lowest BCUT2D eigenvalue weighted by Gasteiger charge is -2.13. The van der Waals surface area contributed by atoms with Crippen molar-refractivity contribution in [2.45, 2.75) is 24.7 Å². The minimum Gasteiger partial charge on any atom is -0.283 e. The summed E-state index contributed by atoms with van der Waals surface area (Å²) >= 11 is 12.0. The molecule has 6 nitrogen and oxygen atoms in total. The number of rotatable bonds is 5. The Labute approximate surface area is 173 Å². The third kappa shape index (κ3) is 3.57. The second-order valence-corrected chi connectivity index (χ2v) is 8.98. The molecule has 0 aliphatic heterocycles. The van der Waals surface area contributed by atoms with Crippen molar-refractivity contribution in [2.24, 2.45) is 7.05 Å². The van der Waals surface area contributed by atoms with Crippen molar-refractivity contribution in [2.75, 3.05) is 4.72 Å². The fraction of sp³-hybridized carbons (Fsp3) is 0.211. The molecule has 0 aliphatic carbocycles. The van der Waals surface area contributed by atoms with Crippen LogP contribution in [0.1, 0.15) is 25.5 Å². The molecule has 0 spiro atoms. The Bertz CT molecular complexity index is 1180. The lowest BCUT2D eigenvalue weighted by molar-refractivity contribution is 0.594. The maximum Gasteiger partial charge on any atom is 0.296 e. The van der Waals surface area contributed by atoms with Crippen molar-refractivity contribution >= 4 is 38.9 Å². The van der Waals surface area contributed by atoms with E-state index in [2.05, 4.69) is 4.72 Å². The fourth-order valence-corrected chi connectivity index (χ4v) is 4.96. The summed E-state index contributed by atoms with van der Waals surface area (Å²) in [4.78, 5) is 12.9. The van der Waals surface area contributed by atoms with Gasteiger partial charge in [0.25, 0.3) is 15.6 Å². The van der Waals surface area contributed by atoms with Crippen LogP contribution in [0, 0.1) is 0 Å². The van der Waals surface area contributed by atoms with Gasteiger partial charge in [-0.15, -0.1) is 0 Å². The molecule has 3 rings (SSSR count). The van der Waals surface area contributed by atoms with E-state index in [4.69, 9.17) is 23.2 Å². The molecule has 0 radical (unpaired) electrons. The second kappa shape index (κ2) is 7.66. The molecule has 0 unspecified atom stereocenters. The first-order chi connectivity index (χ1) is 13.1. The van der Waals surface area contributed by atoms with Crippen molar-refractivity contribution in [3.63, 3.8) is 0 Å². The van der Waals surface area contributed by atoms with Crippen LogP contribution in [0.3, 0.4) is 0 Å². The zero-order valence-corrected chi connectivity index (χ0v) is 17.8. The number of hydrogen-bond donors (Lipinski definition) is 1. The van der Waals surface area contributed by atoms with Gasteiger partial charge < -0.3 is 0 Å². The number of nitrogens with one attached hydrogen (secondary N) is 1. The van der Waals surface area contributed by atoms with Crippen LogP contribution < -0.4 is 10.3 Å². The minimum atomic E-state index is -4.12. The van der Waals surface area contributed by atoms with Crippen molar-refractivity contribution in [1.82, 2.24) is 9.36 Å². The molecule has 0 saturated carbocycles. The monoisotopic (exact) mass is 439 g/mol. The normalized spacial score (nSPS) is 11.8. The van der Waals surface area contributed by atoms with Gasteiger partial charge in [-0.25, -0.2) is 13.1 Å². The van der Waals surface area contributed by atoms with E-state index in [9.17, 15) is 13.2 Å². The number of hydrogen-bond acceptors (Lipinski definition) is 3. The Balaban J connectivity index is 2.20. The number of benzene rings is 2. The molecule has 3 aromatic rings. The van der Waals surface area contributed by atoms with Gasteiger partial charge in [0.15, 0.2) is 0 Å². The van der Waals surface area contributed by atoms with Gasteiger partial charge >= 0.3 is 0 Å². The van der Waals surface area contributed by atoms with E-state index in [-0.39, 0.29) is 26.5 Å². The summed E-state index contributed by atoms with van der Waals surface area (Å²) in [7, 11) is -2.41.